The third-order valence-electron chi connectivity index (χ3n) is 3.76. The van der Waals surface area contributed by atoms with Gasteiger partial charge in [-0.15, -0.1) is 0 Å². The third kappa shape index (κ3) is 2.41. The van der Waals surface area contributed by atoms with E-state index in [0.29, 0.717) is 26.4 Å². The van der Waals surface area contributed by atoms with Crippen LogP contribution in [0.25, 0.3) is 0 Å². The lowest BCUT2D eigenvalue weighted by atomic mass is 10.1. The molecular formula is C12H18O6. The number of hydrogen-bond acceptors (Lipinski definition) is 6. The second-order valence-electron chi connectivity index (χ2n) is 5.25. The molecule has 18 heavy (non-hydrogen) atoms. The molecule has 0 radical (unpaired) electrons. The van der Waals surface area contributed by atoms with Crippen molar-refractivity contribution in [2.75, 3.05) is 39.6 Å². The molecular weight excluding hydrogens is 240 g/mol. The Morgan fingerprint density at radius 3 is 1.50 bits per heavy atom. The van der Waals surface area contributed by atoms with Gasteiger partial charge in [0.1, 0.15) is 36.6 Å². The van der Waals surface area contributed by atoms with Crippen molar-refractivity contribution >= 4 is 0 Å². The van der Waals surface area contributed by atoms with Crippen LogP contribution in [0.5, 0.6) is 0 Å². The maximum Gasteiger partial charge on any atom is 0.115 e. The maximum absolute atomic E-state index is 5.77. The van der Waals surface area contributed by atoms with E-state index in [0.717, 1.165) is 13.2 Å². The zero-order chi connectivity index (χ0) is 11.9. The van der Waals surface area contributed by atoms with Crippen molar-refractivity contribution < 1.29 is 28.4 Å². The van der Waals surface area contributed by atoms with Gasteiger partial charge in [-0.3, -0.25) is 0 Å². The molecule has 6 nitrogen and oxygen atoms in total. The molecule has 4 aliphatic heterocycles. The highest BCUT2D eigenvalue weighted by molar-refractivity contribution is 4.96. The molecule has 0 saturated carbocycles. The minimum atomic E-state index is 0.00821. The van der Waals surface area contributed by atoms with E-state index >= 15 is 0 Å². The molecule has 0 aromatic heterocycles. The van der Waals surface area contributed by atoms with Crippen molar-refractivity contribution in [2.24, 2.45) is 0 Å². The molecule has 4 heterocycles. The third-order valence-corrected chi connectivity index (χ3v) is 3.76. The molecule has 4 rings (SSSR count). The molecule has 0 amide bonds. The van der Waals surface area contributed by atoms with Crippen molar-refractivity contribution in [3.05, 3.63) is 0 Å². The Morgan fingerprint density at radius 1 is 0.667 bits per heavy atom. The van der Waals surface area contributed by atoms with Crippen LogP contribution in [0.15, 0.2) is 0 Å². The van der Waals surface area contributed by atoms with Gasteiger partial charge in [-0.05, 0) is 0 Å². The minimum Gasteiger partial charge on any atom is -0.371 e. The molecule has 6 heteroatoms. The first-order chi connectivity index (χ1) is 8.90. The summed E-state index contributed by atoms with van der Waals surface area (Å²) in [5.74, 6) is 0. The largest absolute Gasteiger partial charge is 0.371 e. The number of epoxide rings is 2. The van der Waals surface area contributed by atoms with Crippen molar-refractivity contribution in [3.63, 3.8) is 0 Å². The lowest BCUT2D eigenvalue weighted by Crippen LogP contribution is -2.35. The van der Waals surface area contributed by atoms with Crippen LogP contribution in [-0.2, 0) is 28.4 Å². The number of ether oxygens (including phenoxy) is 6. The van der Waals surface area contributed by atoms with Gasteiger partial charge in [0.15, 0.2) is 0 Å². The van der Waals surface area contributed by atoms with Gasteiger partial charge >= 0.3 is 0 Å². The summed E-state index contributed by atoms with van der Waals surface area (Å²) in [5, 5.41) is 0. The predicted molar refractivity (Wildman–Crippen MR) is 58.4 cm³/mol. The van der Waals surface area contributed by atoms with Gasteiger partial charge in [-0.1, -0.05) is 0 Å². The summed E-state index contributed by atoms with van der Waals surface area (Å²) < 4.78 is 33.3. The van der Waals surface area contributed by atoms with Crippen LogP contribution in [0, 0.1) is 0 Å². The lowest BCUT2D eigenvalue weighted by molar-refractivity contribution is -0.0541. The van der Waals surface area contributed by atoms with E-state index in [4.69, 9.17) is 28.4 Å². The summed E-state index contributed by atoms with van der Waals surface area (Å²) >= 11 is 0. The van der Waals surface area contributed by atoms with Crippen LogP contribution < -0.4 is 0 Å². The Kier molecular flexibility index (Phi) is 3.02. The van der Waals surface area contributed by atoms with E-state index < -0.39 is 0 Å². The number of hydrogen-bond donors (Lipinski definition) is 0. The first-order valence-corrected chi connectivity index (χ1v) is 6.60. The summed E-state index contributed by atoms with van der Waals surface area (Å²) in [6.45, 7) is 4.08. The van der Waals surface area contributed by atoms with Gasteiger partial charge in [-0.25, -0.2) is 0 Å². The zero-order valence-corrected chi connectivity index (χ0v) is 10.2. The molecule has 6 atom stereocenters. The summed E-state index contributed by atoms with van der Waals surface area (Å²) in [7, 11) is 0. The monoisotopic (exact) mass is 258 g/mol. The highest BCUT2D eigenvalue weighted by Crippen LogP contribution is 2.31. The Labute approximate surface area is 105 Å². The van der Waals surface area contributed by atoms with Crippen molar-refractivity contribution in [3.8, 4) is 0 Å². The molecule has 0 spiro atoms. The topological polar surface area (TPSA) is 62.0 Å². The Bertz CT molecular complexity index is 273. The first kappa shape index (κ1) is 11.6. The van der Waals surface area contributed by atoms with E-state index in [-0.39, 0.29) is 36.6 Å². The van der Waals surface area contributed by atoms with Gasteiger partial charge in [0.05, 0.1) is 39.6 Å². The highest BCUT2D eigenvalue weighted by Gasteiger charge is 2.49. The molecule has 4 aliphatic rings. The van der Waals surface area contributed by atoms with Gasteiger partial charge < -0.3 is 28.4 Å². The molecule has 0 bridgehead atoms. The highest BCUT2D eigenvalue weighted by atomic mass is 16.7. The van der Waals surface area contributed by atoms with E-state index in [1.54, 1.807) is 0 Å². The first-order valence-electron chi connectivity index (χ1n) is 6.60. The summed E-state index contributed by atoms with van der Waals surface area (Å²) in [4.78, 5) is 0. The standard InChI is InChI=1S/C12H18O6/c1-7(13-1)3-15-9-5-17-12-10(6-18-11(9)12)16-4-8-2-14-8/h7-12H,1-6H2/t7?,8?,9-,10+,11-,12-/m1/s1. The van der Waals surface area contributed by atoms with Crippen LogP contribution in [0.1, 0.15) is 0 Å². The van der Waals surface area contributed by atoms with Crippen LogP contribution in [0.2, 0.25) is 0 Å². The van der Waals surface area contributed by atoms with E-state index in [9.17, 15) is 0 Å². The van der Waals surface area contributed by atoms with Gasteiger partial charge in [0.2, 0.25) is 0 Å². The Morgan fingerprint density at radius 2 is 1.11 bits per heavy atom. The average molecular weight is 258 g/mol. The molecule has 0 aromatic rings. The van der Waals surface area contributed by atoms with E-state index in [1.807, 2.05) is 0 Å². The van der Waals surface area contributed by atoms with Gasteiger partial charge in [0.25, 0.3) is 0 Å². The van der Waals surface area contributed by atoms with Crippen LogP contribution in [0.3, 0.4) is 0 Å². The van der Waals surface area contributed by atoms with Crippen molar-refractivity contribution in [2.45, 2.75) is 36.6 Å². The van der Waals surface area contributed by atoms with Crippen molar-refractivity contribution in [1.29, 1.82) is 0 Å². The SMILES string of the molecule is C1OC1CO[C@H]1CO[C@H]2[C@@H]1OC[C@H]2OCC1CO1. The Hall–Kier alpha value is -0.240. The lowest BCUT2D eigenvalue weighted by Gasteiger charge is -2.16. The van der Waals surface area contributed by atoms with Gasteiger partial charge in [0, 0.05) is 0 Å². The minimum absolute atomic E-state index is 0.00821. The second-order valence-corrected chi connectivity index (χ2v) is 5.25. The van der Waals surface area contributed by atoms with E-state index in [2.05, 4.69) is 0 Å². The molecule has 102 valence electrons. The van der Waals surface area contributed by atoms with Crippen LogP contribution in [-0.4, -0.2) is 76.3 Å². The fraction of sp³-hybridized carbons (Fsp3) is 1.00. The Balaban J connectivity index is 1.27. The average Bonchev–Trinajstić information content (AvgIpc) is 3.28. The molecule has 4 fully saturated rings. The van der Waals surface area contributed by atoms with Crippen LogP contribution in [0.4, 0.5) is 0 Å². The summed E-state index contributed by atoms with van der Waals surface area (Å²) in [5.41, 5.74) is 0. The van der Waals surface area contributed by atoms with Crippen LogP contribution >= 0.6 is 0 Å². The van der Waals surface area contributed by atoms with E-state index in [1.165, 1.54) is 0 Å². The molecule has 0 aliphatic carbocycles. The second kappa shape index (κ2) is 4.70. The van der Waals surface area contributed by atoms with Gasteiger partial charge in [-0.2, -0.15) is 0 Å². The smallest absolute Gasteiger partial charge is 0.115 e. The normalized spacial score (nSPS) is 49.3. The maximum atomic E-state index is 5.77. The molecule has 0 N–H and O–H groups in total. The molecule has 4 saturated heterocycles. The molecule has 0 aromatic carbocycles. The fourth-order valence-electron chi connectivity index (χ4n) is 2.51. The number of rotatable bonds is 6. The molecule has 2 unspecified atom stereocenters. The van der Waals surface area contributed by atoms with Crippen molar-refractivity contribution in [1.82, 2.24) is 0 Å². The quantitative estimate of drug-likeness (QED) is 0.590. The predicted octanol–water partition coefficient (Wildman–Crippen LogP) is -0.648. The summed E-state index contributed by atoms with van der Waals surface area (Å²) in [6, 6.07) is 0. The fourth-order valence-corrected chi connectivity index (χ4v) is 2.51. The number of fused-ring (bicyclic) bond motifs is 1. The zero-order valence-electron chi connectivity index (χ0n) is 10.2. The summed E-state index contributed by atoms with van der Waals surface area (Å²) in [6.07, 6.45) is 0.617.